The van der Waals surface area contributed by atoms with Crippen LogP contribution in [0.1, 0.15) is 80.1 Å². The van der Waals surface area contributed by atoms with E-state index in [-0.39, 0.29) is 150 Å². The average molecular weight is 1550 g/mol. The molecule has 0 spiro atoms. The first kappa shape index (κ1) is 93.6. The van der Waals surface area contributed by atoms with Gasteiger partial charge >= 0.3 is 0 Å². The number of hydrogen-bond donors (Lipinski definition) is 19. The van der Waals surface area contributed by atoms with Crippen molar-refractivity contribution >= 4 is 53.2 Å². The lowest BCUT2D eigenvalue weighted by Gasteiger charge is -2.42. The zero-order valence-corrected chi connectivity index (χ0v) is 61.4. The van der Waals surface area contributed by atoms with E-state index in [1.807, 2.05) is 20.8 Å². The number of hydrogen-bond acceptors (Lipinski definition) is 33. The van der Waals surface area contributed by atoms with E-state index in [4.69, 9.17) is 66.3 Å². The summed E-state index contributed by atoms with van der Waals surface area (Å²) >= 11 is 0. The summed E-state index contributed by atoms with van der Waals surface area (Å²) in [6.07, 6.45) is -19.7. The maximum atomic E-state index is 13.8. The van der Waals surface area contributed by atoms with Crippen molar-refractivity contribution in [1.29, 1.82) is 0 Å². The molecule has 0 saturated carbocycles. The summed E-state index contributed by atoms with van der Waals surface area (Å²) in [5, 5.41) is 125. The third kappa shape index (κ3) is 35.5. The minimum Gasteiger partial charge on any atom is -0.394 e. The van der Waals surface area contributed by atoms with Crippen LogP contribution in [0, 0.1) is 0 Å². The molecule has 0 aromatic carbocycles. The average Bonchev–Trinajstić information content (AvgIpc) is 0.818. The van der Waals surface area contributed by atoms with Crippen LogP contribution in [0.3, 0.4) is 0 Å². The molecule has 4 aliphatic heterocycles. The van der Waals surface area contributed by atoms with E-state index in [1.165, 1.54) is 20.8 Å². The Kier molecular flexibility index (Phi) is 44.6. The number of rotatable bonds is 51. The Morgan fingerprint density at radius 1 is 0.411 bits per heavy atom. The van der Waals surface area contributed by atoms with Crippen LogP contribution in [-0.4, -0.2) is 384 Å². The normalized spacial score (nSPS) is 27.9. The molecule has 107 heavy (non-hydrogen) atoms. The van der Waals surface area contributed by atoms with Crippen LogP contribution >= 0.6 is 0 Å². The van der Waals surface area contributed by atoms with Gasteiger partial charge in [-0.15, -0.1) is 0 Å². The molecular formula is C65H115N9O33. The van der Waals surface area contributed by atoms with E-state index in [0.29, 0.717) is 12.8 Å². The van der Waals surface area contributed by atoms with Gasteiger partial charge in [0.05, 0.1) is 131 Å². The summed E-state index contributed by atoms with van der Waals surface area (Å²) in [6, 6.07) is -6.37. The Hall–Kier alpha value is -5.73. The second-order valence-corrected chi connectivity index (χ2v) is 26.3. The van der Waals surface area contributed by atoms with Gasteiger partial charge in [0.2, 0.25) is 53.2 Å². The van der Waals surface area contributed by atoms with Crippen LogP contribution in [0.25, 0.3) is 0 Å². The lowest BCUT2D eigenvalue weighted by Crippen LogP contribution is -2.64. The van der Waals surface area contributed by atoms with Crippen LogP contribution in [0.2, 0.25) is 0 Å². The highest BCUT2D eigenvalue weighted by molar-refractivity contribution is 5.90. The maximum Gasteiger partial charge on any atom is 0.249 e. The van der Waals surface area contributed by atoms with Gasteiger partial charge in [-0.25, -0.2) is 0 Å². The van der Waals surface area contributed by atoms with Gasteiger partial charge in [-0.2, -0.15) is 0 Å². The standard InChI is InChI=1S/C65H115N9O33/c1-36(78)70-50-56(88)53(85)43(31-75)105-62(50)100-28-25-95-17-13-66-47(82)11-7-39(59(91)67-14-18-96-26-29-101-63-51(71-37(2)79)57(89)54(86)44(32-76)106-63)73-48(83)12-8-40(60(92)68-15-19-97-27-30-102-64-52(72-38(3)80)58(90)55(87)45(33-77)107-64)74-49(84)35-99-24-23-98-22-21-94-20-16-69-61(93)42-10-9-41(81)46(104-42)34-103-65(4,5)6/h39-46,50-58,62-64,75-77,81,85-90H,7-35H2,1-6H3,(H,66,82)(H,67,91)(H,68,92)(H,69,93)(H,70,78)(H,71,79)(H,72,80)(H,73,83)(H,74,84)/t39-,40-,41-,42+,43?,44?,45?,46+,50?,51?,52?,53?,54?,55?,56?,57?,58?,62?,63?,64?/m0/s1. The van der Waals surface area contributed by atoms with Crippen LogP contribution < -0.4 is 47.9 Å². The highest BCUT2D eigenvalue weighted by Crippen LogP contribution is 2.26. The highest BCUT2D eigenvalue weighted by Gasteiger charge is 2.48. The molecule has 20 atom stereocenters. The van der Waals surface area contributed by atoms with Crippen molar-refractivity contribution in [3.05, 3.63) is 0 Å². The Balaban J connectivity index is 1.32. The molecule has 618 valence electrons. The van der Waals surface area contributed by atoms with Crippen LogP contribution in [-0.2, 0) is 109 Å². The number of nitrogens with one attached hydrogen (secondary N) is 9. The summed E-state index contributed by atoms with van der Waals surface area (Å²) in [5.41, 5.74) is -0.453. The summed E-state index contributed by atoms with van der Waals surface area (Å²) in [4.78, 5) is 116. The van der Waals surface area contributed by atoms with Gasteiger partial charge in [-0.1, -0.05) is 0 Å². The van der Waals surface area contributed by atoms with E-state index in [1.54, 1.807) is 0 Å². The molecule has 9 amide bonds. The van der Waals surface area contributed by atoms with Crippen molar-refractivity contribution in [3.63, 3.8) is 0 Å². The molecule has 19 N–H and O–H groups in total. The lowest BCUT2D eigenvalue weighted by molar-refractivity contribution is -0.272. The molecule has 0 aliphatic carbocycles. The molecule has 4 fully saturated rings. The summed E-state index contributed by atoms with van der Waals surface area (Å²) < 4.78 is 78.4. The minimum atomic E-state index is -1.56. The van der Waals surface area contributed by atoms with E-state index in [2.05, 4.69) is 47.9 Å². The Morgan fingerprint density at radius 2 is 0.766 bits per heavy atom. The molecule has 4 aliphatic rings. The fourth-order valence-electron chi connectivity index (χ4n) is 11.0. The fourth-order valence-corrected chi connectivity index (χ4v) is 11.0. The smallest absolute Gasteiger partial charge is 0.249 e. The number of amides is 9. The van der Waals surface area contributed by atoms with Gasteiger partial charge in [0.25, 0.3) is 0 Å². The zero-order chi connectivity index (χ0) is 79.0. The number of aliphatic hydroxyl groups is 10. The third-order valence-corrected chi connectivity index (χ3v) is 16.6. The topological polar surface area (TPSA) is 593 Å². The minimum absolute atomic E-state index is 0.0235. The molecular weight excluding hydrogens is 1430 g/mol. The van der Waals surface area contributed by atoms with Crippen LogP contribution in [0.15, 0.2) is 0 Å². The second kappa shape index (κ2) is 50.9. The SMILES string of the molecule is CC(=O)NC1C(OCCOCCNC(=O)CC[C@H](NC(=O)CC[C@H](NC(=O)COCCOCCOCCNC(=O)[C@H]2CC[C@H](O)[C@@H](COC(C)(C)C)O2)C(=O)NCCOCCOC2OC(CO)C(O)C(O)C2NC(C)=O)C(=O)NCCOCCOC2OC(CO)C(O)C(O)C2NC(C)=O)OC(CO)C(O)C1O. The van der Waals surface area contributed by atoms with Gasteiger partial charge in [0.1, 0.15) is 104 Å². The largest absolute Gasteiger partial charge is 0.394 e. The summed E-state index contributed by atoms with van der Waals surface area (Å²) in [5.74, 6) is -5.70. The van der Waals surface area contributed by atoms with E-state index >= 15 is 0 Å². The van der Waals surface area contributed by atoms with Crippen LogP contribution in [0.4, 0.5) is 0 Å². The van der Waals surface area contributed by atoms with E-state index < -0.39 is 208 Å². The molecule has 4 saturated heterocycles. The summed E-state index contributed by atoms with van der Waals surface area (Å²) in [7, 11) is 0. The fraction of sp³-hybridized carbons (Fsp3) is 0.862. The van der Waals surface area contributed by atoms with Gasteiger partial charge < -0.3 is 165 Å². The van der Waals surface area contributed by atoms with Crippen molar-refractivity contribution in [2.24, 2.45) is 0 Å². The molecule has 42 nitrogen and oxygen atoms in total. The predicted octanol–water partition coefficient (Wildman–Crippen LogP) is -10.3. The van der Waals surface area contributed by atoms with Crippen molar-refractivity contribution < 1.29 is 161 Å². The number of carbonyl (C=O) groups excluding carboxylic acids is 9. The molecule has 15 unspecified atom stereocenters. The van der Waals surface area contributed by atoms with Gasteiger partial charge in [-0.05, 0) is 46.5 Å². The second-order valence-electron chi connectivity index (χ2n) is 26.3. The van der Waals surface area contributed by atoms with Gasteiger partial charge in [-0.3, -0.25) is 43.2 Å². The van der Waals surface area contributed by atoms with Crippen LogP contribution in [0.5, 0.6) is 0 Å². The molecule has 0 aromatic heterocycles. The van der Waals surface area contributed by atoms with Crippen molar-refractivity contribution in [3.8, 4) is 0 Å². The Bertz CT molecular complexity index is 2640. The van der Waals surface area contributed by atoms with Crippen molar-refractivity contribution in [1.82, 2.24) is 47.9 Å². The first-order valence-electron chi connectivity index (χ1n) is 35.6. The maximum absolute atomic E-state index is 13.8. The third-order valence-electron chi connectivity index (χ3n) is 16.6. The van der Waals surface area contributed by atoms with Gasteiger partial charge in [0, 0.05) is 59.8 Å². The molecule has 0 radical (unpaired) electrons. The number of ether oxygens (including phenoxy) is 14. The van der Waals surface area contributed by atoms with Crippen molar-refractivity contribution in [2.45, 2.75) is 208 Å². The zero-order valence-electron chi connectivity index (χ0n) is 61.4. The molecule has 42 heteroatoms. The Labute approximate surface area is 619 Å². The van der Waals surface area contributed by atoms with E-state index in [0.717, 1.165) is 0 Å². The van der Waals surface area contributed by atoms with Crippen molar-refractivity contribution in [2.75, 3.05) is 152 Å². The highest BCUT2D eigenvalue weighted by atomic mass is 16.7. The first-order valence-corrected chi connectivity index (χ1v) is 35.6. The molecule has 0 bridgehead atoms. The molecule has 4 heterocycles. The molecule has 0 aromatic rings. The number of carbonyl (C=O) groups is 9. The van der Waals surface area contributed by atoms with Gasteiger partial charge in [0.15, 0.2) is 18.9 Å². The molecule has 4 rings (SSSR count). The lowest BCUT2D eigenvalue weighted by atomic mass is 9.97. The monoisotopic (exact) mass is 1550 g/mol. The quantitative estimate of drug-likeness (QED) is 0.0252. The van der Waals surface area contributed by atoms with E-state index in [9.17, 15) is 94.2 Å². The number of aliphatic hydroxyl groups excluding tert-OH is 10. The summed E-state index contributed by atoms with van der Waals surface area (Å²) in [6.45, 7) is 5.80. The predicted molar refractivity (Wildman–Crippen MR) is 363 cm³/mol. The Morgan fingerprint density at radius 3 is 1.16 bits per heavy atom. The first-order chi connectivity index (χ1) is 51.0.